The molecule has 0 aromatic heterocycles. The zero-order valence-corrected chi connectivity index (χ0v) is 14.4. The van der Waals surface area contributed by atoms with Gasteiger partial charge in [-0.15, -0.1) is 0 Å². The molecule has 1 N–H and O–H groups in total. The van der Waals surface area contributed by atoms with Crippen molar-refractivity contribution in [3.8, 4) is 0 Å². The molecule has 2 aliphatic rings. The van der Waals surface area contributed by atoms with Crippen LogP contribution in [0.2, 0.25) is 0 Å². The number of carbonyl (C=O) groups is 2. The zero-order chi connectivity index (χ0) is 16.4. The third-order valence-electron chi connectivity index (χ3n) is 4.56. The number of amides is 2. The second kappa shape index (κ2) is 6.99. The van der Waals surface area contributed by atoms with Gasteiger partial charge in [0.25, 0.3) is 0 Å². The minimum atomic E-state index is -0.321. The highest BCUT2D eigenvalue weighted by molar-refractivity contribution is 9.10. The summed E-state index contributed by atoms with van der Waals surface area (Å²) in [7, 11) is 0. The molecule has 1 saturated heterocycles. The number of hydrogen-bond donors (Lipinski definition) is 1. The summed E-state index contributed by atoms with van der Waals surface area (Å²) in [6, 6.07) is 4.69. The average molecular weight is 383 g/mol. The maximum Gasteiger partial charge on any atom is 0.225 e. The molecule has 1 heterocycles. The van der Waals surface area contributed by atoms with Crippen molar-refractivity contribution in [2.75, 3.05) is 13.1 Å². The molecule has 1 aliphatic carbocycles. The standard InChI is InChI=1S/C17H20BrFN2O2/c18-14-3-4-15(19)13(9-14)10-20-16(22)11-5-7-21(8-6-11)17(23)12-1-2-12/h3-4,9,11-12H,1-2,5-8,10H2,(H,20,22). The Bertz CT molecular complexity index is 611. The van der Waals surface area contributed by atoms with Crippen LogP contribution in [-0.2, 0) is 16.1 Å². The second-order valence-electron chi connectivity index (χ2n) is 6.33. The fourth-order valence-electron chi connectivity index (χ4n) is 2.96. The molecule has 1 aromatic carbocycles. The Balaban J connectivity index is 1.47. The number of nitrogens with zero attached hydrogens (tertiary/aromatic N) is 1. The van der Waals surface area contributed by atoms with Gasteiger partial charge in [-0.25, -0.2) is 4.39 Å². The van der Waals surface area contributed by atoms with Crippen LogP contribution in [0.25, 0.3) is 0 Å². The molecule has 1 saturated carbocycles. The first kappa shape index (κ1) is 16.4. The van der Waals surface area contributed by atoms with E-state index in [1.807, 2.05) is 4.90 Å². The molecule has 124 valence electrons. The quantitative estimate of drug-likeness (QED) is 0.870. The van der Waals surface area contributed by atoms with Gasteiger partial charge in [0.2, 0.25) is 11.8 Å². The van der Waals surface area contributed by atoms with Gasteiger partial charge in [0.05, 0.1) is 0 Å². The summed E-state index contributed by atoms with van der Waals surface area (Å²) in [5.41, 5.74) is 0.467. The van der Waals surface area contributed by atoms with Crippen LogP contribution in [0.15, 0.2) is 22.7 Å². The third-order valence-corrected chi connectivity index (χ3v) is 5.06. The molecule has 6 heteroatoms. The summed E-state index contributed by atoms with van der Waals surface area (Å²) in [6.07, 6.45) is 3.39. The smallest absolute Gasteiger partial charge is 0.225 e. The van der Waals surface area contributed by atoms with E-state index in [2.05, 4.69) is 21.2 Å². The molecular weight excluding hydrogens is 363 g/mol. The van der Waals surface area contributed by atoms with Crippen LogP contribution in [0, 0.1) is 17.7 Å². The van der Waals surface area contributed by atoms with Crippen LogP contribution in [0.1, 0.15) is 31.2 Å². The third kappa shape index (κ3) is 4.10. The van der Waals surface area contributed by atoms with E-state index in [1.54, 1.807) is 12.1 Å². The minimum absolute atomic E-state index is 0.0529. The van der Waals surface area contributed by atoms with Crippen molar-refractivity contribution >= 4 is 27.7 Å². The summed E-state index contributed by atoms with van der Waals surface area (Å²) in [4.78, 5) is 26.1. The molecule has 23 heavy (non-hydrogen) atoms. The van der Waals surface area contributed by atoms with Gasteiger partial charge in [-0.2, -0.15) is 0 Å². The summed E-state index contributed by atoms with van der Waals surface area (Å²) in [5.74, 6) is 0.0228. The summed E-state index contributed by atoms with van der Waals surface area (Å²) >= 11 is 3.30. The molecule has 1 aromatic rings. The Morgan fingerprint density at radius 2 is 1.87 bits per heavy atom. The van der Waals surface area contributed by atoms with Crippen LogP contribution in [0.3, 0.4) is 0 Å². The van der Waals surface area contributed by atoms with E-state index in [9.17, 15) is 14.0 Å². The number of nitrogens with one attached hydrogen (secondary N) is 1. The van der Waals surface area contributed by atoms with E-state index in [-0.39, 0.29) is 36.0 Å². The van der Waals surface area contributed by atoms with E-state index in [0.29, 0.717) is 31.5 Å². The topological polar surface area (TPSA) is 49.4 Å². The number of piperidine rings is 1. The highest BCUT2D eigenvalue weighted by Gasteiger charge is 2.35. The van der Waals surface area contributed by atoms with Crippen LogP contribution in [0.4, 0.5) is 4.39 Å². The maximum absolute atomic E-state index is 13.7. The van der Waals surface area contributed by atoms with Crippen molar-refractivity contribution < 1.29 is 14.0 Å². The predicted octanol–water partition coefficient (Wildman–Crippen LogP) is 2.85. The molecule has 0 spiro atoms. The molecule has 1 aliphatic heterocycles. The molecule has 2 fully saturated rings. The summed E-state index contributed by atoms with van der Waals surface area (Å²) in [5, 5.41) is 2.81. The lowest BCUT2D eigenvalue weighted by Gasteiger charge is -2.31. The molecule has 0 radical (unpaired) electrons. The number of carbonyl (C=O) groups excluding carboxylic acids is 2. The molecule has 0 atom stereocenters. The van der Waals surface area contributed by atoms with E-state index in [0.717, 1.165) is 17.3 Å². The van der Waals surface area contributed by atoms with Crippen molar-refractivity contribution in [2.24, 2.45) is 11.8 Å². The predicted molar refractivity (Wildman–Crippen MR) is 88.0 cm³/mol. The van der Waals surface area contributed by atoms with Crippen LogP contribution < -0.4 is 5.32 Å². The molecule has 0 bridgehead atoms. The molecule has 3 rings (SSSR count). The van der Waals surface area contributed by atoms with Gasteiger partial charge in [0.1, 0.15) is 5.82 Å². The van der Waals surface area contributed by atoms with E-state index >= 15 is 0 Å². The monoisotopic (exact) mass is 382 g/mol. The number of halogens is 2. The van der Waals surface area contributed by atoms with Gasteiger partial charge in [-0.05, 0) is 43.9 Å². The van der Waals surface area contributed by atoms with Gasteiger partial charge < -0.3 is 10.2 Å². The first-order chi connectivity index (χ1) is 11.0. The lowest BCUT2D eigenvalue weighted by Crippen LogP contribution is -2.43. The Kier molecular flexibility index (Phi) is 4.99. The lowest BCUT2D eigenvalue weighted by molar-refractivity contribution is -0.136. The van der Waals surface area contributed by atoms with Crippen molar-refractivity contribution in [2.45, 2.75) is 32.2 Å². The SMILES string of the molecule is O=C(NCc1cc(Br)ccc1F)C1CCN(C(=O)C2CC2)CC1. The first-order valence-electron chi connectivity index (χ1n) is 8.05. The van der Waals surface area contributed by atoms with Gasteiger partial charge in [-0.3, -0.25) is 9.59 Å². The van der Waals surface area contributed by atoms with Crippen molar-refractivity contribution in [3.05, 3.63) is 34.1 Å². The van der Waals surface area contributed by atoms with Crippen molar-refractivity contribution in [1.29, 1.82) is 0 Å². The lowest BCUT2D eigenvalue weighted by atomic mass is 9.95. The van der Waals surface area contributed by atoms with Crippen molar-refractivity contribution in [1.82, 2.24) is 10.2 Å². The maximum atomic E-state index is 13.7. The highest BCUT2D eigenvalue weighted by atomic mass is 79.9. The second-order valence-corrected chi connectivity index (χ2v) is 7.24. The van der Waals surface area contributed by atoms with Gasteiger partial charge in [0.15, 0.2) is 0 Å². The van der Waals surface area contributed by atoms with Crippen LogP contribution in [0.5, 0.6) is 0 Å². The van der Waals surface area contributed by atoms with Gasteiger partial charge in [-0.1, -0.05) is 15.9 Å². The van der Waals surface area contributed by atoms with Crippen molar-refractivity contribution in [3.63, 3.8) is 0 Å². The molecule has 4 nitrogen and oxygen atoms in total. The fraction of sp³-hybridized carbons (Fsp3) is 0.529. The van der Waals surface area contributed by atoms with Crippen LogP contribution >= 0.6 is 15.9 Å². The summed E-state index contributed by atoms with van der Waals surface area (Å²) < 4.78 is 14.5. The largest absolute Gasteiger partial charge is 0.352 e. The normalized spacial score (nSPS) is 18.8. The first-order valence-corrected chi connectivity index (χ1v) is 8.84. The molecule has 0 unspecified atom stereocenters. The molecular formula is C17H20BrFN2O2. The Hall–Kier alpha value is -1.43. The number of rotatable bonds is 4. The number of benzene rings is 1. The Morgan fingerprint density at radius 1 is 1.17 bits per heavy atom. The van der Waals surface area contributed by atoms with E-state index in [1.165, 1.54) is 6.07 Å². The minimum Gasteiger partial charge on any atom is -0.352 e. The fourth-order valence-corrected chi connectivity index (χ4v) is 3.36. The van der Waals surface area contributed by atoms with Gasteiger partial charge in [0, 0.05) is 41.5 Å². The summed E-state index contributed by atoms with van der Waals surface area (Å²) in [6.45, 7) is 1.49. The zero-order valence-electron chi connectivity index (χ0n) is 12.9. The molecule has 2 amide bonds. The van der Waals surface area contributed by atoms with Gasteiger partial charge >= 0.3 is 0 Å². The van der Waals surface area contributed by atoms with E-state index < -0.39 is 0 Å². The average Bonchev–Trinajstić information content (AvgIpc) is 3.40. The highest BCUT2D eigenvalue weighted by Crippen LogP contribution is 2.32. The van der Waals surface area contributed by atoms with Crippen LogP contribution in [-0.4, -0.2) is 29.8 Å². The Labute approximate surface area is 143 Å². The number of hydrogen-bond acceptors (Lipinski definition) is 2. The Morgan fingerprint density at radius 3 is 2.52 bits per heavy atom. The van der Waals surface area contributed by atoms with E-state index in [4.69, 9.17) is 0 Å². The number of likely N-dealkylation sites (tertiary alicyclic amines) is 1.